The van der Waals surface area contributed by atoms with Crippen LogP contribution in [0.4, 0.5) is 0 Å². The number of rotatable bonds is 4. The molecule has 0 saturated heterocycles. The molecule has 2 amide bonds. The molecule has 160 valence electrons. The molecule has 1 unspecified atom stereocenters. The molecule has 2 atom stereocenters. The molecule has 0 saturated carbocycles. The maximum Gasteiger partial charge on any atom is 0.332 e. The number of aliphatic carboxylic acids is 2. The number of carbonyl (C=O) groups is 4. The number of carboxylic acids is 2. The number of thiophene rings is 1. The summed E-state index contributed by atoms with van der Waals surface area (Å²) >= 11 is 1.37. The zero-order valence-corrected chi connectivity index (χ0v) is 17.8. The van der Waals surface area contributed by atoms with Gasteiger partial charge in [0.05, 0.1) is 16.5 Å². The van der Waals surface area contributed by atoms with Gasteiger partial charge in [-0.05, 0) is 37.4 Å². The van der Waals surface area contributed by atoms with Crippen molar-refractivity contribution in [1.82, 2.24) is 4.90 Å². The number of benzene rings is 1. The van der Waals surface area contributed by atoms with Gasteiger partial charge in [-0.3, -0.25) is 19.3 Å². The maximum atomic E-state index is 11.5. The Bertz CT molecular complexity index is 1070. The largest absolute Gasteiger partial charge is 0.481 e. The SMILES string of the molecule is CCN1C(=O)c2ccccc2C1=O.C[C@@]1(C(=O)O)C=CC=C(C(=O)O)C1c1cccs1. The third kappa shape index (κ3) is 3.94. The van der Waals surface area contributed by atoms with E-state index in [1.54, 1.807) is 56.3 Å². The highest BCUT2D eigenvalue weighted by molar-refractivity contribution is 7.10. The van der Waals surface area contributed by atoms with Crippen molar-refractivity contribution < 1.29 is 29.4 Å². The molecule has 2 aliphatic rings. The van der Waals surface area contributed by atoms with Gasteiger partial charge in [-0.2, -0.15) is 0 Å². The minimum Gasteiger partial charge on any atom is -0.481 e. The van der Waals surface area contributed by atoms with Crippen LogP contribution >= 0.6 is 11.3 Å². The van der Waals surface area contributed by atoms with Gasteiger partial charge in [0.15, 0.2) is 0 Å². The summed E-state index contributed by atoms with van der Waals surface area (Å²) < 4.78 is 0. The second-order valence-electron chi connectivity index (χ2n) is 7.22. The van der Waals surface area contributed by atoms with E-state index in [1.807, 2.05) is 5.38 Å². The number of carboxylic acid groups (broad SMARTS) is 2. The van der Waals surface area contributed by atoms with Crippen LogP contribution in [-0.2, 0) is 9.59 Å². The highest BCUT2D eigenvalue weighted by Gasteiger charge is 2.45. The van der Waals surface area contributed by atoms with Crippen LogP contribution in [0.1, 0.15) is 45.4 Å². The van der Waals surface area contributed by atoms with E-state index in [0.717, 1.165) is 4.88 Å². The first kappa shape index (κ1) is 22.2. The van der Waals surface area contributed by atoms with E-state index >= 15 is 0 Å². The van der Waals surface area contributed by atoms with E-state index in [9.17, 15) is 29.4 Å². The lowest BCUT2D eigenvalue weighted by molar-refractivity contribution is -0.146. The van der Waals surface area contributed by atoms with Gasteiger partial charge < -0.3 is 10.2 Å². The fourth-order valence-corrected chi connectivity index (χ4v) is 4.67. The van der Waals surface area contributed by atoms with E-state index in [4.69, 9.17) is 0 Å². The van der Waals surface area contributed by atoms with Crippen molar-refractivity contribution in [3.63, 3.8) is 0 Å². The summed E-state index contributed by atoms with van der Waals surface area (Å²) in [6.07, 6.45) is 4.52. The Morgan fingerprint density at radius 1 is 1.06 bits per heavy atom. The fourth-order valence-electron chi connectivity index (χ4n) is 3.69. The molecule has 1 aliphatic heterocycles. The Hall–Kier alpha value is -3.52. The van der Waals surface area contributed by atoms with Crippen LogP contribution in [0, 0.1) is 5.41 Å². The summed E-state index contributed by atoms with van der Waals surface area (Å²) in [6.45, 7) is 3.78. The summed E-state index contributed by atoms with van der Waals surface area (Å²) in [5, 5.41) is 20.4. The Labute approximate surface area is 182 Å². The topological polar surface area (TPSA) is 112 Å². The Kier molecular flexibility index (Phi) is 6.21. The molecule has 0 bridgehead atoms. The average Bonchev–Trinajstić information content (AvgIpc) is 3.35. The molecule has 1 aromatic carbocycles. The second kappa shape index (κ2) is 8.69. The van der Waals surface area contributed by atoms with Gasteiger partial charge in [0.25, 0.3) is 11.8 Å². The first-order valence-corrected chi connectivity index (χ1v) is 10.4. The molecule has 2 N–H and O–H groups in total. The van der Waals surface area contributed by atoms with Crippen LogP contribution in [0.2, 0.25) is 0 Å². The molecule has 0 spiro atoms. The lowest BCUT2D eigenvalue weighted by atomic mass is 9.69. The predicted octanol–water partition coefficient (Wildman–Crippen LogP) is 3.81. The van der Waals surface area contributed by atoms with E-state index in [-0.39, 0.29) is 17.4 Å². The van der Waals surface area contributed by atoms with Crippen molar-refractivity contribution in [2.75, 3.05) is 6.54 Å². The molecule has 0 fully saturated rings. The molecule has 8 heteroatoms. The minimum atomic E-state index is -1.23. The van der Waals surface area contributed by atoms with Crippen LogP contribution in [0.5, 0.6) is 0 Å². The highest BCUT2D eigenvalue weighted by atomic mass is 32.1. The number of allylic oxidation sites excluding steroid dienone is 2. The number of imide groups is 1. The molecular weight excluding hydrogens is 418 g/mol. The number of hydrogen-bond acceptors (Lipinski definition) is 5. The molecule has 7 nitrogen and oxygen atoms in total. The van der Waals surface area contributed by atoms with Crippen LogP contribution < -0.4 is 0 Å². The molecule has 2 aromatic rings. The van der Waals surface area contributed by atoms with E-state index in [0.29, 0.717) is 17.7 Å². The summed E-state index contributed by atoms with van der Waals surface area (Å²) in [7, 11) is 0. The smallest absolute Gasteiger partial charge is 0.332 e. The van der Waals surface area contributed by atoms with Gasteiger partial charge in [-0.25, -0.2) is 4.79 Å². The maximum absolute atomic E-state index is 11.5. The predicted molar refractivity (Wildman–Crippen MR) is 115 cm³/mol. The standard InChI is InChI=1S/C13H12O4S.C10H9NO2/c1-13(12(16)17)6-2-4-8(11(14)15)10(13)9-5-3-7-18-9;1-2-11-9(12)7-5-3-4-6-8(7)10(11)13/h2-7,10H,1H3,(H,14,15)(H,16,17);3-6H,2H2,1H3/t10?,13-;/m1./s1. The van der Waals surface area contributed by atoms with Crippen molar-refractivity contribution in [3.05, 3.63) is 81.6 Å². The van der Waals surface area contributed by atoms with Crippen LogP contribution in [-0.4, -0.2) is 45.4 Å². The molecule has 4 rings (SSSR count). The zero-order chi connectivity index (χ0) is 22.8. The highest BCUT2D eigenvalue weighted by Crippen LogP contribution is 2.46. The Morgan fingerprint density at radius 2 is 1.68 bits per heavy atom. The van der Waals surface area contributed by atoms with Crippen molar-refractivity contribution in [3.8, 4) is 0 Å². The number of nitrogens with zero attached hydrogens (tertiary/aromatic N) is 1. The third-order valence-corrected chi connectivity index (χ3v) is 6.30. The van der Waals surface area contributed by atoms with Crippen LogP contribution in [0.25, 0.3) is 0 Å². The van der Waals surface area contributed by atoms with E-state index in [2.05, 4.69) is 0 Å². The van der Waals surface area contributed by atoms with Crippen molar-refractivity contribution in [2.45, 2.75) is 19.8 Å². The number of carbonyl (C=O) groups excluding carboxylic acids is 2. The summed E-state index contributed by atoms with van der Waals surface area (Å²) in [4.78, 5) is 47.9. The first-order chi connectivity index (χ1) is 14.7. The van der Waals surface area contributed by atoms with Gasteiger partial charge in [-0.1, -0.05) is 36.4 Å². The van der Waals surface area contributed by atoms with Crippen molar-refractivity contribution in [2.24, 2.45) is 5.41 Å². The normalized spacial score (nSPS) is 21.8. The molecule has 31 heavy (non-hydrogen) atoms. The average molecular weight is 439 g/mol. The molecule has 0 radical (unpaired) electrons. The molecular formula is C23H21NO6S. The first-order valence-electron chi connectivity index (χ1n) is 9.57. The van der Waals surface area contributed by atoms with Crippen molar-refractivity contribution in [1.29, 1.82) is 0 Å². The molecule has 2 heterocycles. The molecule has 1 aliphatic carbocycles. The summed E-state index contributed by atoms with van der Waals surface area (Å²) in [6, 6.07) is 10.5. The van der Waals surface area contributed by atoms with Gasteiger partial charge in [0.1, 0.15) is 0 Å². The lowest BCUT2D eigenvalue weighted by Gasteiger charge is -2.33. The van der Waals surface area contributed by atoms with E-state index < -0.39 is 23.3 Å². The number of hydrogen-bond donors (Lipinski definition) is 2. The van der Waals surface area contributed by atoms with Crippen LogP contribution in [0.15, 0.2) is 65.6 Å². The third-order valence-electron chi connectivity index (χ3n) is 5.36. The molecule has 1 aromatic heterocycles. The van der Waals surface area contributed by atoms with E-state index in [1.165, 1.54) is 28.4 Å². The van der Waals surface area contributed by atoms with Gasteiger partial charge in [-0.15, -0.1) is 11.3 Å². The summed E-state index contributed by atoms with van der Waals surface area (Å²) in [5.74, 6) is -3.11. The van der Waals surface area contributed by atoms with Gasteiger partial charge in [0.2, 0.25) is 0 Å². The zero-order valence-electron chi connectivity index (χ0n) is 16.9. The minimum absolute atomic E-state index is 0.116. The monoisotopic (exact) mass is 439 g/mol. The second-order valence-corrected chi connectivity index (χ2v) is 8.20. The summed E-state index contributed by atoms with van der Waals surface area (Å²) in [5.41, 5.74) is -0.0681. The van der Waals surface area contributed by atoms with Crippen LogP contribution in [0.3, 0.4) is 0 Å². The Balaban J connectivity index is 0.000000185. The van der Waals surface area contributed by atoms with Gasteiger partial charge in [0, 0.05) is 22.9 Å². The lowest BCUT2D eigenvalue weighted by Crippen LogP contribution is -2.36. The van der Waals surface area contributed by atoms with Gasteiger partial charge >= 0.3 is 11.9 Å². The number of fused-ring (bicyclic) bond motifs is 1. The number of amides is 2. The Morgan fingerprint density at radius 3 is 2.13 bits per heavy atom. The van der Waals surface area contributed by atoms with Crippen molar-refractivity contribution >= 4 is 35.1 Å². The quantitative estimate of drug-likeness (QED) is 0.701. The fraction of sp³-hybridized carbons (Fsp3) is 0.217.